The first-order valence-corrected chi connectivity index (χ1v) is 7.19. The number of nitrogens with zero attached hydrogens (tertiary/aromatic N) is 4. The minimum Gasteiger partial charge on any atom is -0.305 e. The summed E-state index contributed by atoms with van der Waals surface area (Å²) in [4.78, 5) is 0. The molecule has 1 atom stereocenters. The number of rotatable bonds is 6. The van der Waals surface area contributed by atoms with Gasteiger partial charge in [0, 0.05) is 11.3 Å². The predicted octanol–water partition coefficient (Wildman–Crippen LogP) is 1.88. The van der Waals surface area contributed by atoms with Crippen molar-refractivity contribution in [1.29, 1.82) is 0 Å². The Morgan fingerprint density at radius 3 is 2.71 bits per heavy atom. The number of nitrogens with one attached hydrogen (secondary N) is 1. The van der Waals surface area contributed by atoms with Crippen LogP contribution >= 0.6 is 11.8 Å². The van der Waals surface area contributed by atoms with Crippen molar-refractivity contribution >= 4 is 11.8 Å². The number of tetrazole rings is 1. The van der Waals surface area contributed by atoms with Crippen LogP contribution in [0.15, 0.2) is 0 Å². The van der Waals surface area contributed by atoms with E-state index < -0.39 is 0 Å². The minimum atomic E-state index is 0.0815. The van der Waals surface area contributed by atoms with E-state index in [1.165, 1.54) is 0 Å². The number of aromatic nitrogens is 4. The first kappa shape index (κ1) is 14.4. The van der Waals surface area contributed by atoms with Gasteiger partial charge in [0.1, 0.15) is 0 Å². The molecule has 0 radical (unpaired) electrons. The zero-order valence-corrected chi connectivity index (χ0v) is 12.2. The number of hydrogen-bond acceptors (Lipinski definition) is 5. The smallest absolute Gasteiger partial charge is 0.165 e. The lowest BCUT2D eigenvalue weighted by molar-refractivity contribution is 0.400. The van der Waals surface area contributed by atoms with Crippen LogP contribution in [-0.2, 0) is 6.54 Å². The second-order valence-electron chi connectivity index (χ2n) is 5.15. The minimum absolute atomic E-state index is 0.0815. The summed E-state index contributed by atoms with van der Waals surface area (Å²) in [5.41, 5.74) is 0.0815. The monoisotopic (exact) mass is 257 g/mol. The van der Waals surface area contributed by atoms with Gasteiger partial charge in [-0.15, -0.1) is 5.10 Å². The van der Waals surface area contributed by atoms with Gasteiger partial charge in [-0.1, -0.05) is 6.92 Å². The van der Waals surface area contributed by atoms with Crippen LogP contribution in [0.4, 0.5) is 0 Å². The Labute approximate surface area is 108 Å². The van der Waals surface area contributed by atoms with Crippen LogP contribution in [0.3, 0.4) is 0 Å². The Bertz CT molecular complexity index is 331. The van der Waals surface area contributed by atoms with E-state index in [0.29, 0.717) is 12.6 Å². The molecule has 17 heavy (non-hydrogen) atoms. The van der Waals surface area contributed by atoms with Gasteiger partial charge in [-0.3, -0.25) is 0 Å². The zero-order chi connectivity index (χ0) is 12.9. The largest absolute Gasteiger partial charge is 0.305 e. The summed E-state index contributed by atoms with van der Waals surface area (Å²) < 4.78 is 1.92. The normalized spacial score (nSPS) is 13.9. The highest BCUT2D eigenvalue weighted by molar-refractivity contribution is 7.99. The third-order valence-electron chi connectivity index (χ3n) is 2.32. The third-order valence-corrected chi connectivity index (χ3v) is 3.44. The molecule has 0 amide bonds. The van der Waals surface area contributed by atoms with E-state index in [4.69, 9.17) is 0 Å². The molecule has 0 aliphatic carbocycles. The standard InChI is InChI=1S/C11H23N5S/c1-6-17-8-9(2)16-10(13-14-15-16)7-12-11(3,4)5/h9,12H,6-8H2,1-5H3. The highest BCUT2D eigenvalue weighted by Crippen LogP contribution is 2.13. The Morgan fingerprint density at radius 2 is 2.12 bits per heavy atom. The molecule has 98 valence electrons. The Kier molecular flexibility index (Phi) is 5.39. The summed E-state index contributed by atoms with van der Waals surface area (Å²) in [7, 11) is 0. The third kappa shape index (κ3) is 5.04. The lowest BCUT2D eigenvalue weighted by atomic mass is 10.1. The summed E-state index contributed by atoms with van der Waals surface area (Å²) in [6.45, 7) is 11.4. The second kappa shape index (κ2) is 6.35. The van der Waals surface area contributed by atoms with Gasteiger partial charge < -0.3 is 5.32 Å². The fourth-order valence-electron chi connectivity index (χ4n) is 1.37. The highest BCUT2D eigenvalue weighted by atomic mass is 32.2. The lowest BCUT2D eigenvalue weighted by Crippen LogP contribution is -2.36. The molecule has 6 heteroatoms. The molecule has 0 aromatic carbocycles. The van der Waals surface area contributed by atoms with Gasteiger partial charge in [0.2, 0.25) is 0 Å². The van der Waals surface area contributed by atoms with Gasteiger partial charge in [-0.05, 0) is 43.9 Å². The van der Waals surface area contributed by atoms with Crippen molar-refractivity contribution in [3.63, 3.8) is 0 Å². The Morgan fingerprint density at radius 1 is 1.41 bits per heavy atom. The van der Waals surface area contributed by atoms with Crippen molar-refractivity contribution in [1.82, 2.24) is 25.5 Å². The molecule has 0 bridgehead atoms. The quantitative estimate of drug-likeness (QED) is 0.843. The molecule has 0 aliphatic rings. The number of thioether (sulfide) groups is 1. The van der Waals surface area contributed by atoms with Gasteiger partial charge in [0.15, 0.2) is 5.82 Å². The van der Waals surface area contributed by atoms with Crippen LogP contribution in [0.2, 0.25) is 0 Å². The molecule has 0 fully saturated rings. The van der Waals surface area contributed by atoms with Crippen LogP contribution < -0.4 is 5.32 Å². The summed E-state index contributed by atoms with van der Waals surface area (Å²) in [6.07, 6.45) is 0. The maximum absolute atomic E-state index is 4.08. The summed E-state index contributed by atoms with van der Waals surface area (Å²) >= 11 is 1.91. The van der Waals surface area contributed by atoms with E-state index in [1.807, 2.05) is 16.4 Å². The van der Waals surface area contributed by atoms with Gasteiger partial charge in [-0.25, -0.2) is 4.68 Å². The first-order valence-electron chi connectivity index (χ1n) is 6.03. The summed E-state index contributed by atoms with van der Waals surface area (Å²) in [6, 6.07) is 0.340. The molecular formula is C11H23N5S. The van der Waals surface area contributed by atoms with Gasteiger partial charge in [0.05, 0.1) is 12.6 Å². The molecular weight excluding hydrogens is 234 g/mol. The van der Waals surface area contributed by atoms with Crippen molar-refractivity contribution in [2.45, 2.75) is 52.7 Å². The molecule has 1 aromatic heterocycles. The molecule has 0 saturated carbocycles. The molecule has 0 saturated heterocycles. The molecule has 1 unspecified atom stereocenters. The van der Waals surface area contributed by atoms with Crippen LogP contribution in [-0.4, -0.2) is 37.3 Å². The number of hydrogen-bond donors (Lipinski definition) is 1. The Hall–Kier alpha value is -0.620. The average Bonchev–Trinajstić information content (AvgIpc) is 2.70. The van der Waals surface area contributed by atoms with E-state index >= 15 is 0 Å². The van der Waals surface area contributed by atoms with E-state index in [-0.39, 0.29) is 5.54 Å². The van der Waals surface area contributed by atoms with Crippen molar-refractivity contribution < 1.29 is 0 Å². The first-order chi connectivity index (χ1) is 7.94. The van der Waals surface area contributed by atoms with Crippen LogP contribution in [0.25, 0.3) is 0 Å². The fraction of sp³-hybridized carbons (Fsp3) is 0.909. The van der Waals surface area contributed by atoms with Crippen molar-refractivity contribution in [3.05, 3.63) is 5.82 Å². The molecule has 0 aliphatic heterocycles. The van der Waals surface area contributed by atoms with Gasteiger partial charge in [0.25, 0.3) is 0 Å². The fourth-order valence-corrected chi connectivity index (χ4v) is 2.09. The van der Waals surface area contributed by atoms with Gasteiger partial charge in [-0.2, -0.15) is 11.8 Å². The van der Waals surface area contributed by atoms with Crippen LogP contribution in [0.5, 0.6) is 0 Å². The van der Waals surface area contributed by atoms with Gasteiger partial charge >= 0.3 is 0 Å². The van der Waals surface area contributed by atoms with Crippen molar-refractivity contribution in [2.75, 3.05) is 11.5 Å². The molecule has 1 N–H and O–H groups in total. The molecule has 1 rings (SSSR count). The molecule has 1 heterocycles. The van der Waals surface area contributed by atoms with Crippen LogP contribution in [0.1, 0.15) is 46.5 Å². The molecule has 1 aromatic rings. The molecule has 5 nitrogen and oxygen atoms in total. The average molecular weight is 257 g/mol. The predicted molar refractivity (Wildman–Crippen MR) is 72.1 cm³/mol. The maximum Gasteiger partial charge on any atom is 0.165 e. The van der Waals surface area contributed by atoms with E-state index in [2.05, 4.69) is 55.5 Å². The van der Waals surface area contributed by atoms with E-state index in [1.54, 1.807) is 0 Å². The van der Waals surface area contributed by atoms with E-state index in [0.717, 1.165) is 17.3 Å². The Balaban J connectivity index is 2.59. The zero-order valence-electron chi connectivity index (χ0n) is 11.4. The summed E-state index contributed by atoms with van der Waals surface area (Å²) in [5, 5.41) is 15.3. The second-order valence-corrected chi connectivity index (χ2v) is 6.47. The highest BCUT2D eigenvalue weighted by Gasteiger charge is 2.15. The maximum atomic E-state index is 4.08. The van der Waals surface area contributed by atoms with Crippen molar-refractivity contribution in [2.24, 2.45) is 0 Å². The molecule has 0 spiro atoms. The SMILES string of the molecule is CCSCC(C)n1nnnc1CNC(C)(C)C. The topological polar surface area (TPSA) is 55.6 Å². The summed E-state index contributed by atoms with van der Waals surface area (Å²) in [5.74, 6) is 3.08. The lowest BCUT2D eigenvalue weighted by Gasteiger charge is -2.20. The van der Waals surface area contributed by atoms with Crippen LogP contribution in [0, 0.1) is 0 Å². The van der Waals surface area contributed by atoms with E-state index in [9.17, 15) is 0 Å². The van der Waals surface area contributed by atoms with Crippen molar-refractivity contribution in [3.8, 4) is 0 Å².